The van der Waals surface area contributed by atoms with Crippen LogP contribution >= 0.6 is 0 Å². The van der Waals surface area contributed by atoms with Crippen LogP contribution in [0.4, 0.5) is 0 Å². The predicted molar refractivity (Wildman–Crippen MR) is 62.8 cm³/mol. The largest absolute Gasteiger partial charge is 0.496 e. The molecule has 0 aliphatic carbocycles. The van der Waals surface area contributed by atoms with Gasteiger partial charge in [-0.15, -0.1) is 0 Å². The fourth-order valence-corrected chi connectivity index (χ4v) is 1.78. The van der Waals surface area contributed by atoms with E-state index in [1.807, 2.05) is 26.0 Å². The molecule has 1 unspecified atom stereocenters. The van der Waals surface area contributed by atoms with Crippen molar-refractivity contribution in [2.75, 3.05) is 20.8 Å². The molecule has 2 N–H and O–H groups in total. The SMILES string of the molecule is COc1cc(C)cc(OC)c1C(C)CON. The minimum Gasteiger partial charge on any atom is -0.496 e. The maximum atomic E-state index is 5.36. The number of rotatable bonds is 5. The third-order valence-corrected chi connectivity index (χ3v) is 2.53. The van der Waals surface area contributed by atoms with E-state index in [0.717, 1.165) is 22.6 Å². The van der Waals surface area contributed by atoms with Crippen molar-refractivity contribution in [1.29, 1.82) is 0 Å². The van der Waals surface area contributed by atoms with Crippen LogP contribution in [0.1, 0.15) is 24.0 Å². The monoisotopic (exact) mass is 225 g/mol. The topological polar surface area (TPSA) is 53.7 Å². The highest BCUT2D eigenvalue weighted by Gasteiger charge is 2.17. The Morgan fingerprint density at radius 1 is 1.19 bits per heavy atom. The standard InChI is InChI=1S/C12H19NO3/c1-8-5-10(14-3)12(9(2)7-16-13)11(6-8)15-4/h5-6,9H,7,13H2,1-4H3. The Balaban J connectivity index is 3.21. The van der Waals surface area contributed by atoms with Crippen molar-refractivity contribution in [2.45, 2.75) is 19.8 Å². The van der Waals surface area contributed by atoms with E-state index in [0.29, 0.717) is 6.61 Å². The summed E-state index contributed by atoms with van der Waals surface area (Å²) >= 11 is 0. The summed E-state index contributed by atoms with van der Waals surface area (Å²) in [6.07, 6.45) is 0. The molecule has 1 atom stereocenters. The normalized spacial score (nSPS) is 12.3. The molecule has 0 spiro atoms. The van der Waals surface area contributed by atoms with Crippen molar-refractivity contribution in [3.8, 4) is 11.5 Å². The zero-order valence-corrected chi connectivity index (χ0v) is 10.2. The minimum atomic E-state index is 0.121. The number of hydrogen-bond acceptors (Lipinski definition) is 4. The zero-order valence-electron chi connectivity index (χ0n) is 10.2. The number of ether oxygens (including phenoxy) is 2. The van der Waals surface area contributed by atoms with E-state index in [1.54, 1.807) is 14.2 Å². The van der Waals surface area contributed by atoms with Gasteiger partial charge in [-0.2, -0.15) is 0 Å². The van der Waals surface area contributed by atoms with Crippen LogP contribution in [-0.2, 0) is 4.84 Å². The van der Waals surface area contributed by atoms with Crippen molar-refractivity contribution >= 4 is 0 Å². The average Bonchev–Trinajstić information content (AvgIpc) is 2.27. The molecule has 1 rings (SSSR count). The molecule has 0 aliphatic heterocycles. The van der Waals surface area contributed by atoms with Gasteiger partial charge in [0.2, 0.25) is 0 Å². The van der Waals surface area contributed by atoms with E-state index in [4.69, 9.17) is 15.4 Å². The highest BCUT2D eigenvalue weighted by atomic mass is 16.6. The summed E-state index contributed by atoms with van der Waals surface area (Å²) in [6.45, 7) is 4.44. The average molecular weight is 225 g/mol. The Morgan fingerprint density at radius 2 is 1.69 bits per heavy atom. The Morgan fingerprint density at radius 3 is 2.06 bits per heavy atom. The molecule has 90 valence electrons. The van der Waals surface area contributed by atoms with Crippen molar-refractivity contribution in [3.05, 3.63) is 23.3 Å². The van der Waals surface area contributed by atoms with Gasteiger partial charge in [0.25, 0.3) is 0 Å². The molecule has 0 bridgehead atoms. The van der Waals surface area contributed by atoms with Gasteiger partial charge in [0.05, 0.1) is 20.8 Å². The molecule has 0 saturated heterocycles. The van der Waals surface area contributed by atoms with Gasteiger partial charge in [-0.3, -0.25) is 0 Å². The fourth-order valence-electron chi connectivity index (χ4n) is 1.78. The lowest BCUT2D eigenvalue weighted by Crippen LogP contribution is -2.11. The van der Waals surface area contributed by atoms with Gasteiger partial charge in [-0.25, -0.2) is 5.90 Å². The number of benzene rings is 1. The van der Waals surface area contributed by atoms with Gasteiger partial charge in [0.1, 0.15) is 11.5 Å². The van der Waals surface area contributed by atoms with Crippen LogP contribution in [0.15, 0.2) is 12.1 Å². The van der Waals surface area contributed by atoms with E-state index < -0.39 is 0 Å². The third-order valence-electron chi connectivity index (χ3n) is 2.53. The summed E-state index contributed by atoms with van der Waals surface area (Å²) in [6, 6.07) is 3.95. The first-order valence-corrected chi connectivity index (χ1v) is 5.18. The fraction of sp³-hybridized carbons (Fsp3) is 0.500. The molecule has 4 nitrogen and oxygen atoms in total. The first-order chi connectivity index (χ1) is 7.63. The van der Waals surface area contributed by atoms with Gasteiger partial charge >= 0.3 is 0 Å². The third kappa shape index (κ3) is 2.65. The molecular weight excluding hydrogens is 206 g/mol. The van der Waals surface area contributed by atoms with E-state index in [2.05, 4.69) is 4.84 Å². The summed E-state index contributed by atoms with van der Waals surface area (Å²) in [4.78, 5) is 4.68. The van der Waals surface area contributed by atoms with Crippen molar-refractivity contribution in [1.82, 2.24) is 0 Å². The quantitative estimate of drug-likeness (QED) is 0.779. The molecule has 1 aromatic carbocycles. The maximum absolute atomic E-state index is 5.36. The van der Waals surface area contributed by atoms with Crippen LogP contribution in [0, 0.1) is 6.92 Å². The van der Waals surface area contributed by atoms with E-state index >= 15 is 0 Å². The van der Waals surface area contributed by atoms with Gasteiger partial charge in [0.15, 0.2) is 0 Å². The molecule has 0 fully saturated rings. The molecule has 1 aromatic rings. The van der Waals surface area contributed by atoms with Gasteiger partial charge in [0, 0.05) is 11.5 Å². The van der Waals surface area contributed by atoms with Crippen LogP contribution in [0.2, 0.25) is 0 Å². The lowest BCUT2D eigenvalue weighted by molar-refractivity contribution is 0.125. The second-order valence-electron chi connectivity index (χ2n) is 3.82. The number of aryl methyl sites for hydroxylation is 1. The Bertz CT molecular complexity index is 327. The number of hydrogen-bond donors (Lipinski definition) is 1. The van der Waals surface area contributed by atoms with Crippen molar-refractivity contribution in [3.63, 3.8) is 0 Å². The Kier molecular flexibility index (Phi) is 4.58. The smallest absolute Gasteiger partial charge is 0.126 e. The van der Waals surface area contributed by atoms with Crippen LogP contribution in [0.25, 0.3) is 0 Å². The minimum absolute atomic E-state index is 0.121. The summed E-state index contributed by atoms with van der Waals surface area (Å²) in [7, 11) is 3.29. The number of nitrogens with two attached hydrogens (primary N) is 1. The molecule has 0 heterocycles. The van der Waals surface area contributed by atoms with Gasteiger partial charge < -0.3 is 14.3 Å². The summed E-state index contributed by atoms with van der Waals surface area (Å²) < 4.78 is 10.7. The lowest BCUT2D eigenvalue weighted by atomic mass is 9.98. The second kappa shape index (κ2) is 5.72. The highest BCUT2D eigenvalue weighted by Crippen LogP contribution is 2.36. The first-order valence-electron chi connectivity index (χ1n) is 5.18. The van der Waals surface area contributed by atoms with E-state index in [9.17, 15) is 0 Å². The van der Waals surface area contributed by atoms with Crippen LogP contribution in [0.3, 0.4) is 0 Å². The maximum Gasteiger partial charge on any atom is 0.126 e. The highest BCUT2D eigenvalue weighted by molar-refractivity contribution is 5.49. The van der Waals surface area contributed by atoms with E-state index in [1.165, 1.54) is 0 Å². The van der Waals surface area contributed by atoms with Crippen LogP contribution < -0.4 is 15.4 Å². The summed E-state index contributed by atoms with van der Waals surface area (Å²) in [5.74, 6) is 6.83. The molecule has 0 aliphatic rings. The van der Waals surface area contributed by atoms with Crippen LogP contribution in [0.5, 0.6) is 11.5 Å². The van der Waals surface area contributed by atoms with Crippen molar-refractivity contribution in [2.24, 2.45) is 5.90 Å². The second-order valence-corrected chi connectivity index (χ2v) is 3.82. The van der Waals surface area contributed by atoms with Gasteiger partial charge in [-0.1, -0.05) is 6.92 Å². The molecule has 0 saturated carbocycles. The van der Waals surface area contributed by atoms with Crippen LogP contribution in [-0.4, -0.2) is 20.8 Å². The summed E-state index contributed by atoms with van der Waals surface area (Å²) in [5, 5.41) is 0. The molecular formula is C12H19NO3. The predicted octanol–water partition coefficient (Wildman–Crippen LogP) is 2.01. The molecule has 0 radical (unpaired) electrons. The van der Waals surface area contributed by atoms with Gasteiger partial charge in [-0.05, 0) is 24.6 Å². The Labute approximate surface area is 96.3 Å². The van der Waals surface area contributed by atoms with Crippen molar-refractivity contribution < 1.29 is 14.3 Å². The molecule has 16 heavy (non-hydrogen) atoms. The molecule has 4 heteroatoms. The zero-order chi connectivity index (χ0) is 12.1. The number of methoxy groups -OCH3 is 2. The molecule has 0 amide bonds. The van der Waals surface area contributed by atoms with E-state index in [-0.39, 0.29) is 5.92 Å². The summed E-state index contributed by atoms with van der Waals surface area (Å²) in [5.41, 5.74) is 2.08. The first kappa shape index (κ1) is 12.8. The molecule has 0 aromatic heterocycles. The lowest BCUT2D eigenvalue weighted by Gasteiger charge is -2.18. The Hall–Kier alpha value is -1.26.